The van der Waals surface area contributed by atoms with Gasteiger partial charge in [0.1, 0.15) is 0 Å². The molecule has 18 heavy (non-hydrogen) atoms. The van der Waals surface area contributed by atoms with E-state index in [1.165, 1.54) is 24.9 Å². The number of aliphatic hydroxyl groups is 1. The van der Waals surface area contributed by atoms with E-state index < -0.39 is 0 Å². The highest BCUT2D eigenvalue weighted by molar-refractivity contribution is 9.10. The summed E-state index contributed by atoms with van der Waals surface area (Å²) in [5.74, 6) is 0. The molecule has 1 saturated heterocycles. The van der Waals surface area contributed by atoms with Crippen LogP contribution in [0.4, 0.5) is 5.69 Å². The third-order valence-corrected chi connectivity index (χ3v) is 5.13. The fourth-order valence-electron chi connectivity index (χ4n) is 2.52. The first kappa shape index (κ1) is 13.9. The Labute approximate surface area is 118 Å². The van der Waals surface area contributed by atoms with E-state index in [0.29, 0.717) is 5.41 Å². The van der Waals surface area contributed by atoms with Crippen LogP contribution in [0.15, 0.2) is 22.7 Å². The van der Waals surface area contributed by atoms with E-state index in [4.69, 9.17) is 0 Å². The SMILES string of the molecule is CCC1(C)CCN(c2ccc(CO)c(Br)c2)CC1. The van der Waals surface area contributed by atoms with Crippen molar-refractivity contribution in [2.75, 3.05) is 18.0 Å². The van der Waals surface area contributed by atoms with Gasteiger partial charge in [-0.2, -0.15) is 0 Å². The van der Waals surface area contributed by atoms with E-state index in [2.05, 4.69) is 46.8 Å². The molecule has 1 aromatic rings. The highest BCUT2D eigenvalue weighted by Gasteiger charge is 2.28. The first-order valence-corrected chi connectivity index (χ1v) is 7.51. The van der Waals surface area contributed by atoms with Crippen molar-refractivity contribution in [2.24, 2.45) is 5.41 Å². The van der Waals surface area contributed by atoms with Crippen molar-refractivity contribution >= 4 is 21.6 Å². The molecule has 1 aliphatic heterocycles. The third-order valence-electron chi connectivity index (χ3n) is 4.40. The Hall–Kier alpha value is -0.540. The van der Waals surface area contributed by atoms with Crippen molar-refractivity contribution in [1.82, 2.24) is 0 Å². The van der Waals surface area contributed by atoms with Crippen molar-refractivity contribution < 1.29 is 5.11 Å². The lowest BCUT2D eigenvalue weighted by atomic mass is 9.78. The number of anilines is 1. The number of rotatable bonds is 3. The lowest BCUT2D eigenvalue weighted by Crippen LogP contribution is -2.38. The smallest absolute Gasteiger partial charge is 0.0692 e. The minimum atomic E-state index is 0.0920. The summed E-state index contributed by atoms with van der Waals surface area (Å²) in [7, 11) is 0. The number of nitrogens with zero attached hydrogens (tertiary/aromatic N) is 1. The van der Waals surface area contributed by atoms with Crippen LogP contribution in [0, 0.1) is 5.41 Å². The maximum absolute atomic E-state index is 9.18. The molecule has 1 fully saturated rings. The van der Waals surface area contributed by atoms with Gasteiger partial charge in [0, 0.05) is 23.2 Å². The summed E-state index contributed by atoms with van der Waals surface area (Å²) in [6.07, 6.45) is 3.81. The molecular weight excluding hydrogens is 290 g/mol. The van der Waals surface area contributed by atoms with Gasteiger partial charge in [-0.3, -0.25) is 0 Å². The molecule has 2 nitrogen and oxygen atoms in total. The molecule has 0 radical (unpaired) electrons. The minimum absolute atomic E-state index is 0.0920. The number of hydrogen-bond donors (Lipinski definition) is 1. The normalized spacial score (nSPS) is 19.0. The van der Waals surface area contributed by atoms with Crippen molar-refractivity contribution in [3.63, 3.8) is 0 Å². The van der Waals surface area contributed by atoms with Crippen molar-refractivity contribution in [3.05, 3.63) is 28.2 Å². The Morgan fingerprint density at radius 2 is 2.00 bits per heavy atom. The second kappa shape index (κ2) is 5.62. The monoisotopic (exact) mass is 311 g/mol. The lowest BCUT2D eigenvalue weighted by Gasteiger charge is -2.40. The first-order valence-electron chi connectivity index (χ1n) is 6.72. The molecule has 0 unspecified atom stereocenters. The summed E-state index contributed by atoms with van der Waals surface area (Å²) in [6, 6.07) is 6.25. The van der Waals surface area contributed by atoms with E-state index >= 15 is 0 Å². The predicted octanol–water partition coefficient (Wildman–Crippen LogP) is 3.96. The molecule has 0 saturated carbocycles. The fourth-order valence-corrected chi connectivity index (χ4v) is 3.01. The maximum Gasteiger partial charge on any atom is 0.0692 e. The molecular formula is C15H22BrNO. The number of aliphatic hydroxyl groups excluding tert-OH is 1. The standard InChI is InChI=1S/C15H22BrNO/c1-3-15(2)6-8-17(9-7-15)13-5-4-12(11-18)14(16)10-13/h4-5,10,18H,3,6-9,11H2,1-2H3. The van der Waals surface area contributed by atoms with E-state index in [1.54, 1.807) is 0 Å². The van der Waals surface area contributed by atoms with Gasteiger partial charge in [-0.05, 0) is 36.0 Å². The largest absolute Gasteiger partial charge is 0.392 e. The number of benzene rings is 1. The second-order valence-corrected chi connectivity index (χ2v) is 6.44. The van der Waals surface area contributed by atoms with Crippen LogP contribution in [-0.2, 0) is 6.61 Å². The highest BCUT2D eigenvalue weighted by atomic mass is 79.9. The van der Waals surface area contributed by atoms with Gasteiger partial charge in [0.2, 0.25) is 0 Å². The summed E-state index contributed by atoms with van der Waals surface area (Å²) in [5.41, 5.74) is 2.74. The quantitative estimate of drug-likeness (QED) is 0.913. The maximum atomic E-state index is 9.18. The van der Waals surface area contributed by atoms with Crippen LogP contribution >= 0.6 is 15.9 Å². The minimum Gasteiger partial charge on any atom is -0.392 e. The summed E-state index contributed by atoms with van der Waals surface area (Å²) < 4.78 is 1.01. The zero-order chi connectivity index (χ0) is 13.2. The molecule has 1 heterocycles. The molecule has 1 aliphatic rings. The molecule has 0 amide bonds. The topological polar surface area (TPSA) is 23.5 Å². The van der Waals surface area contributed by atoms with Crippen molar-refractivity contribution in [3.8, 4) is 0 Å². The molecule has 0 aliphatic carbocycles. The molecule has 3 heteroatoms. The molecule has 2 rings (SSSR count). The van der Waals surface area contributed by atoms with E-state index in [-0.39, 0.29) is 6.61 Å². The molecule has 0 atom stereocenters. The number of piperidine rings is 1. The van der Waals surface area contributed by atoms with Crippen LogP contribution in [0.1, 0.15) is 38.7 Å². The average Bonchev–Trinajstić information content (AvgIpc) is 2.39. The Morgan fingerprint density at radius 1 is 1.33 bits per heavy atom. The second-order valence-electron chi connectivity index (χ2n) is 5.59. The van der Waals surface area contributed by atoms with Gasteiger partial charge in [0.15, 0.2) is 0 Å². The number of halogens is 1. The van der Waals surface area contributed by atoms with Gasteiger partial charge >= 0.3 is 0 Å². The van der Waals surface area contributed by atoms with Crippen LogP contribution in [0.25, 0.3) is 0 Å². The Bertz CT molecular complexity index is 411. The van der Waals surface area contributed by atoms with E-state index in [1.807, 2.05) is 6.07 Å². The van der Waals surface area contributed by atoms with Gasteiger partial charge in [0.25, 0.3) is 0 Å². The highest BCUT2D eigenvalue weighted by Crippen LogP contribution is 2.36. The molecule has 1 N–H and O–H groups in total. The molecule has 0 aromatic heterocycles. The summed E-state index contributed by atoms with van der Waals surface area (Å²) in [4.78, 5) is 2.45. The van der Waals surface area contributed by atoms with Gasteiger partial charge < -0.3 is 10.0 Å². The Morgan fingerprint density at radius 3 is 2.50 bits per heavy atom. The van der Waals surface area contributed by atoms with Gasteiger partial charge in [0.05, 0.1) is 6.61 Å². The molecule has 0 bridgehead atoms. The third kappa shape index (κ3) is 2.89. The molecule has 1 aromatic carbocycles. The Balaban J connectivity index is 2.08. The summed E-state index contributed by atoms with van der Waals surface area (Å²) >= 11 is 3.52. The Kier molecular flexibility index (Phi) is 4.33. The number of hydrogen-bond acceptors (Lipinski definition) is 2. The van der Waals surface area contributed by atoms with E-state index in [9.17, 15) is 5.11 Å². The molecule has 0 spiro atoms. The van der Waals surface area contributed by atoms with Crippen molar-refractivity contribution in [1.29, 1.82) is 0 Å². The fraction of sp³-hybridized carbons (Fsp3) is 0.600. The predicted molar refractivity (Wildman–Crippen MR) is 79.9 cm³/mol. The first-order chi connectivity index (χ1) is 8.58. The van der Waals surface area contributed by atoms with Crippen LogP contribution in [-0.4, -0.2) is 18.2 Å². The summed E-state index contributed by atoms with van der Waals surface area (Å²) in [5, 5.41) is 9.18. The van der Waals surface area contributed by atoms with Crippen molar-refractivity contribution in [2.45, 2.75) is 39.7 Å². The van der Waals surface area contributed by atoms with Gasteiger partial charge in [-0.25, -0.2) is 0 Å². The average molecular weight is 312 g/mol. The zero-order valence-electron chi connectivity index (χ0n) is 11.2. The van der Waals surface area contributed by atoms with Crippen LogP contribution in [0.2, 0.25) is 0 Å². The lowest BCUT2D eigenvalue weighted by molar-refractivity contribution is 0.238. The van der Waals surface area contributed by atoms with Crippen LogP contribution in [0.5, 0.6) is 0 Å². The molecule has 100 valence electrons. The van der Waals surface area contributed by atoms with Crippen LogP contribution in [0.3, 0.4) is 0 Å². The summed E-state index contributed by atoms with van der Waals surface area (Å²) in [6.45, 7) is 7.05. The van der Waals surface area contributed by atoms with E-state index in [0.717, 1.165) is 23.1 Å². The van der Waals surface area contributed by atoms with Gasteiger partial charge in [-0.15, -0.1) is 0 Å². The van der Waals surface area contributed by atoms with Crippen LogP contribution < -0.4 is 4.90 Å². The van der Waals surface area contributed by atoms with Gasteiger partial charge in [-0.1, -0.05) is 42.3 Å². The zero-order valence-corrected chi connectivity index (χ0v) is 12.8.